The molecule has 1 aromatic carbocycles. The summed E-state index contributed by atoms with van der Waals surface area (Å²) in [6, 6.07) is 10.4. The summed E-state index contributed by atoms with van der Waals surface area (Å²) in [5.74, 6) is -0.664. The zero-order valence-electron chi connectivity index (χ0n) is 14.2. The first kappa shape index (κ1) is 17.0. The van der Waals surface area contributed by atoms with Gasteiger partial charge in [-0.3, -0.25) is 14.5 Å². The van der Waals surface area contributed by atoms with E-state index in [9.17, 15) is 14.7 Å². The first-order valence-electron chi connectivity index (χ1n) is 8.81. The number of carboxylic acid groups (broad SMARTS) is 1. The van der Waals surface area contributed by atoms with E-state index in [0.29, 0.717) is 38.0 Å². The molecular formula is C19H26N2O3. The van der Waals surface area contributed by atoms with Crippen molar-refractivity contribution in [3.8, 4) is 0 Å². The van der Waals surface area contributed by atoms with Crippen LogP contribution in [0.3, 0.4) is 0 Å². The zero-order chi connectivity index (χ0) is 17.1. The second kappa shape index (κ2) is 7.34. The van der Waals surface area contributed by atoms with Crippen molar-refractivity contribution >= 4 is 11.9 Å². The second-order valence-corrected chi connectivity index (χ2v) is 7.31. The second-order valence-electron chi connectivity index (χ2n) is 7.31. The maximum Gasteiger partial charge on any atom is 0.307 e. The fourth-order valence-electron chi connectivity index (χ4n) is 3.64. The van der Waals surface area contributed by atoms with Gasteiger partial charge < -0.3 is 10.0 Å². The predicted octanol–water partition coefficient (Wildman–Crippen LogP) is 2.22. The van der Waals surface area contributed by atoms with Crippen LogP contribution in [0.15, 0.2) is 30.3 Å². The van der Waals surface area contributed by atoms with Crippen molar-refractivity contribution in [1.29, 1.82) is 0 Å². The Kier molecular flexibility index (Phi) is 5.19. The summed E-state index contributed by atoms with van der Waals surface area (Å²) < 4.78 is 0. The molecule has 1 heterocycles. The van der Waals surface area contributed by atoms with Crippen molar-refractivity contribution in [2.24, 2.45) is 11.8 Å². The number of carbonyl (C=O) groups is 2. The Hall–Kier alpha value is -1.88. The molecule has 2 unspecified atom stereocenters. The number of nitrogens with zero attached hydrogens (tertiary/aromatic N) is 2. The molecule has 1 amide bonds. The molecule has 130 valence electrons. The summed E-state index contributed by atoms with van der Waals surface area (Å²) in [6.07, 6.45) is 2.86. The number of hydrogen-bond acceptors (Lipinski definition) is 3. The lowest BCUT2D eigenvalue weighted by Gasteiger charge is -2.35. The van der Waals surface area contributed by atoms with Gasteiger partial charge in [0.2, 0.25) is 5.91 Å². The highest BCUT2D eigenvalue weighted by molar-refractivity contribution is 5.79. The van der Waals surface area contributed by atoms with Crippen LogP contribution in [-0.2, 0) is 16.1 Å². The lowest BCUT2D eigenvalue weighted by Crippen LogP contribution is -2.48. The Morgan fingerprint density at radius 1 is 1.21 bits per heavy atom. The van der Waals surface area contributed by atoms with Crippen molar-refractivity contribution < 1.29 is 14.7 Å². The molecule has 5 nitrogen and oxygen atoms in total. The van der Waals surface area contributed by atoms with Crippen LogP contribution < -0.4 is 0 Å². The van der Waals surface area contributed by atoms with Crippen molar-refractivity contribution in [2.45, 2.75) is 38.8 Å². The first-order chi connectivity index (χ1) is 11.5. The third-order valence-electron chi connectivity index (χ3n) is 4.95. The van der Waals surface area contributed by atoms with E-state index in [2.05, 4.69) is 6.92 Å². The molecule has 2 aliphatic rings. The van der Waals surface area contributed by atoms with Gasteiger partial charge in [-0.25, -0.2) is 0 Å². The third-order valence-corrected chi connectivity index (χ3v) is 4.95. The molecule has 1 N–H and O–H groups in total. The molecule has 0 bridgehead atoms. The fourth-order valence-corrected chi connectivity index (χ4v) is 3.64. The molecule has 1 aliphatic carbocycles. The van der Waals surface area contributed by atoms with Crippen LogP contribution in [0.25, 0.3) is 0 Å². The summed E-state index contributed by atoms with van der Waals surface area (Å²) >= 11 is 0. The van der Waals surface area contributed by atoms with Crippen LogP contribution in [-0.4, -0.2) is 52.5 Å². The number of carboxylic acids is 1. The molecule has 1 aromatic rings. The number of carbonyl (C=O) groups excluding carboxylic acids is 1. The van der Waals surface area contributed by atoms with Gasteiger partial charge in [-0.05, 0) is 30.7 Å². The summed E-state index contributed by atoms with van der Waals surface area (Å²) in [5, 5.41) is 9.29. The van der Waals surface area contributed by atoms with E-state index in [1.807, 2.05) is 40.1 Å². The molecule has 1 saturated carbocycles. The minimum absolute atomic E-state index is 0.125. The van der Waals surface area contributed by atoms with Gasteiger partial charge in [-0.2, -0.15) is 0 Å². The number of piperidine rings is 1. The van der Waals surface area contributed by atoms with E-state index < -0.39 is 5.97 Å². The number of hydrogen-bond donors (Lipinski definition) is 1. The van der Waals surface area contributed by atoms with Gasteiger partial charge in [0.05, 0.1) is 12.5 Å². The minimum Gasteiger partial charge on any atom is -0.481 e. The average Bonchev–Trinajstić information content (AvgIpc) is 3.37. The first-order valence-corrected chi connectivity index (χ1v) is 8.81. The summed E-state index contributed by atoms with van der Waals surface area (Å²) in [7, 11) is 0. The van der Waals surface area contributed by atoms with E-state index in [4.69, 9.17) is 0 Å². The Balaban J connectivity index is 1.62. The highest BCUT2D eigenvalue weighted by Gasteiger charge is 2.35. The number of aliphatic carboxylic acids is 1. The SMILES string of the molecule is CC1CC(C(=O)O)CN(CC(=O)N(Cc2ccccc2)C2CC2)C1. The van der Waals surface area contributed by atoms with Crippen LogP contribution in [0.1, 0.15) is 31.7 Å². The van der Waals surface area contributed by atoms with Crippen molar-refractivity contribution in [3.05, 3.63) is 35.9 Å². The predicted molar refractivity (Wildman–Crippen MR) is 91.4 cm³/mol. The number of benzene rings is 1. The van der Waals surface area contributed by atoms with Gasteiger partial charge in [0.1, 0.15) is 0 Å². The maximum atomic E-state index is 12.8. The highest BCUT2D eigenvalue weighted by Crippen LogP contribution is 2.29. The zero-order valence-corrected chi connectivity index (χ0v) is 14.2. The van der Waals surface area contributed by atoms with Gasteiger partial charge in [-0.15, -0.1) is 0 Å². The monoisotopic (exact) mass is 330 g/mol. The maximum absolute atomic E-state index is 12.8. The minimum atomic E-state index is -0.748. The Bertz CT molecular complexity index is 586. The van der Waals surface area contributed by atoms with E-state index in [1.54, 1.807) is 0 Å². The topological polar surface area (TPSA) is 60.9 Å². The molecule has 3 rings (SSSR count). The molecular weight excluding hydrogens is 304 g/mol. The molecule has 2 fully saturated rings. The standard InChI is InChI=1S/C19H26N2O3/c1-14-9-16(19(23)24)12-20(10-14)13-18(22)21(17-7-8-17)11-15-5-3-2-4-6-15/h2-6,14,16-17H,7-13H2,1H3,(H,23,24). The average molecular weight is 330 g/mol. The molecule has 0 radical (unpaired) electrons. The van der Waals surface area contributed by atoms with E-state index >= 15 is 0 Å². The van der Waals surface area contributed by atoms with Crippen LogP contribution in [0.2, 0.25) is 0 Å². The van der Waals surface area contributed by atoms with Gasteiger partial charge in [0.15, 0.2) is 0 Å². The van der Waals surface area contributed by atoms with E-state index in [1.165, 1.54) is 0 Å². The summed E-state index contributed by atoms with van der Waals surface area (Å²) in [6.45, 7) is 4.33. The van der Waals surface area contributed by atoms with Gasteiger partial charge >= 0.3 is 5.97 Å². The van der Waals surface area contributed by atoms with E-state index in [-0.39, 0.29) is 11.8 Å². The van der Waals surface area contributed by atoms with Crippen molar-refractivity contribution in [3.63, 3.8) is 0 Å². The summed E-state index contributed by atoms with van der Waals surface area (Å²) in [5.41, 5.74) is 1.15. The lowest BCUT2D eigenvalue weighted by molar-refractivity contribution is -0.146. The largest absolute Gasteiger partial charge is 0.481 e. The van der Waals surface area contributed by atoms with Gasteiger partial charge in [0.25, 0.3) is 0 Å². The smallest absolute Gasteiger partial charge is 0.307 e. The van der Waals surface area contributed by atoms with Crippen LogP contribution in [0.4, 0.5) is 0 Å². The fraction of sp³-hybridized carbons (Fsp3) is 0.579. The van der Waals surface area contributed by atoms with Gasteiger partial charge in [0, 0.05) is 25.7 Å². The van der Waals surface area contributed by atoms with Crippen molar-refractivity contribution in [2.75, 3.05) is 19.6 Å². The Morgan fingerprint density at radius 3 is 2.54 bits per heavy atom. The van der Waals surface area contributed by atoms with Crippen LogP contribution in [0, 0.1) is 11.8 Å². The quantitative estimate of drug-likeness (QED) is 0.869. The van der Waals surface area contributed by atoms with Crippen LogP contribution >= 0.6 is 0 Å². The Morgan fingerprint density at radius 2 is 1.92 bits per heavy atom. The number of amides is 1. The van der Waals surface area contributed by atoms with Gasteiger partial charge in [-0.1, -0.05) is 37.3 Å². The molecule has 24 heavy (non-hydrogen) atoms. The third kappa shape index (κ3) is 4.35. The lowest BCUT2D eigenvalue weighted by atomic mass is 9.90. The molecule has 0 aromatic heterocycles. The molecule has 1 aliphatic heterocycles. The Labute approximate surface area is 143 Å². The molecule has 1 saturated heterocycles. The number of rotatable bonds is 6. The van der Waals surface area contributed by atoms with E-state index in [0.717, 1.165) is 24.9 Å². The number of likely N-dealkylation sites (tertiary alicyclic amines) is 1. The van der Waals surface area contributed by atoms with Crippen LogP contribution in [0.5, 0.6) is 0 Å². The van der Waals surface area contributed by atoms with Crippen molar-refractivity contribution in [1.82, 2.24) is 9.80 Å². The molecule has 2 atom stereocenters. The molecule has 5 heteroatoms. The summed E-state index contributed by atoms with van der Waals surface area (Å²) in [4.78, 5) is 28.1. The normalized spacial score (nSPS) is 24.5. The highest BCUT2D eigenvalue weighted by atomic mass is 16.4. The molecule has 0 spiro atoms.